The molecule has 0 spiro atoms. The molecular weight excluding hydrogens is 214 g/mol. The van der Waals surface area contributed by atoms with Gasteiger partial charge in [-0.3, -0.25) is 9.69 Å². The summed E-state index contributed by atoms with van der Waals surface area (Å²) >= 11 is 0. The van der Waals surface area contributed by atoms with E-state index in [1.54, 1.807) is 0 Å². The van der Waals surface area contributed by atoms with E-state index in [-0.39, 0.29) is 6.04 Å². The van der Waals surface area contributed by atoms with Gasteiger partial charge in [-0.15, -0.1) is 0 Å². The number of hydrogen-bond acceptors (Lipinski definition) is 2. The Kier molecular flexibility index (Phi) is 6.56. The maximum atomic E-state index is 11.2. The molecule has 3 heteroatoms. The fraction of sp³-hybridized carbons (Fsp3) is 0.929. The van der Waals surface area contributed by atoms with Crippen molar-refractivity contribution in [2.45, 2.75) is 64.8 Å². The van der Waals surface area contributed by atoms with Crippen molar-refractivity contribution >= 4 is 5.97 Å². The number of carboxylic acid groups (broad SMARTS) is 1. The first-order valence-corrected chi connectivity index (χ1v) is 7.15. The highest BCUT2D eigenvalue weighted by Gasteiger charge is 2.35. The third-order valence-electron chi connectivity index (χ3n) is 3.75. The van der Waals surface area contributed by atoms with E-state index < -0.39 is 5.97 Å². The number of rotatable bonds is 8. The molecule has 0 aromatic heterocycles. The van der Waals surface area contributed by atoms with Gasteiger partial charge in [0.2, 0.25) is 0 Å². The number of likely N-dealkylation sites (tertiary alicyclic amines) is 1. The molecule has 0 radical (unpaired) electrons. The zero-order valence-electron chi connectivity index (χ0n) is 11.3. The number of unbranched alkanes of at least 4 members (excludes halogenated alkanes) is 3. The summed E-state index contributed by atoms with van der Waals surface area (Å²) in [6.07, 6.45) is 8.28. The smallest absolute Gasteiger partial charge is 0.320 e. The van der Waals surface area contributed by atoms with Crippen LogP contribution in [0.3, 0.4) is 0 Å². The molecule has 0 saturated carbocycles. The van der Waals surface area contributed by atoms with E-state index in [9.17, 15) is 9.90 Å². The molecule has 100 valence electrons. The van der Waals surface area contributed by atoms with Gasteiger partial charge in [-0.2, -0.15) is 0 Å². The Bertz CT molecular complexity index is 230. The van der Waals surface area contributed by atoms with Crippen LogP contribution >= 0.6 is 0 Å². The topological polar surface area (TPSA) is 40.5 Å². The number of hydrogen-bond donors (Lipinski definition) is 1. The Labute approximate surface area is 105 Å². The van der Waals surface area contributed by atoms with Crippen molar-refractivity contribution in [3.05, 3.63) is 0 Å². The SMILES string of the molecule is CCCCCC[C@H]1C[C@H](C(=O)O)N(CCC)C1. The third kappa shape index (κ3) is 4.66. The summed E-state index contributed by atoms with van der Waals surface area (Å²) in [5.41, 5.74) is 0. The molecule has 0 unspecified atom stereocenters. The lowest BCUT2D eigenvalue weighted by Gasteiger charge is -2.19. The van der Waals surface area contributed by atoms with Crippen molar-refractivity contribution in [1.82, 2.24) is 4.90 Å². The maximum Gasteiger partial charge on any atom is 0.320 e. The van der Waals surface area contributed by atoms with E-state index >= 15 is 0 Å². The highest BCUT2D eigenvalue weighted by atomic mass is 16.4. The van der Waals surface area contributed by atoms with E-state index in [0.29, 0.717) is 5.92 Å². The lowest BCUT2D eigenvalue weighted by Crippen LogP contribution is -2.36. The predicted octanol–water partition coefficient (Wildman–Crippen LogP) is 3.14. The molecule has 1 aliphatic heterocycles. The van der Waals surface area contributed by atoms with Crippen LogP contribution < -0.4 is 0 Å². The Morgan fingerprint density at radius 1 is 1.24 bits per heavy atom. The first-order chi connectivity index (χ1) is 8.19. The summed E-state index contributed by atoms with van der Waals surface area (Å²) < 4.78 is 0. The van der Waals surface area contributed by atoms with Gasteiger partial charge in [0.1, 0.15) is 6.04 Å². The van der Waals surface area contributed by atoms with E-state index in [0.717, 1.165) is 25.9 Å². The van der Waals surface area contributed by atoms with Gasteiger partial charge in [-0.05, 0) is 31.7 Å². The summed E-state index contributed by atoms with van der Waals surface area (Å²) in [5, 5.41) is 9.20. The minimum absolute atomic E-state index is 0.217. The van der Waals surface area contributed by atoms with Crippen LogP contribution in [0.1, 0.15) is 58.8 Å². The van der Waals surface area contributed by atoms with E-state index in [1.165, 1.54) is 32.1 Å². The second-order valence-electron chi connectivity index (χ2n) is 5.30. The molecule has 3 nitrogen and oxygen atoms in total. The summed E-state index contributed by atoms with van der Waals surface area (Å²) in [6.45, 7) is 6.27. The molecule has 0 amide bonds. The molecule has 1 heterocycles. The molecule has 0 aromatic rings. The first-order valence-electron chi connectivity index (χ1n) is 7.15. The highest BCUT2D eigenvalue weighted by Crippen LogP contribution is 2.27. The average molecular weight is 241 g/mol. The molecule has 0 bridgehead atoms. The first kappa shape index (κ1) is 14.5. The molecule has 0 aromatic carbocycles. The molecule has 1 rings (SSSR count). The number of carboxylic acids is 1. The van der Waals surface area contributed by atoms with E-state index in [2.05, 4.69) is 18.7 Å². The van der Waals surface area contributed by atoms with Crippen LogP contribution in [0.15, 0.2) is 0 Å². The summed E-state index contributed by atoms with van der Waals surface area (Å²) in [7, 11) is 0. The molecular formula is C14H27NO2. The Morgan fingerprint density at radius 3 is 2.59 bits per heavy atom. The van der Waals surface area contributed by atoms with Crippen LogP contribution in [0.5, 0.6) is 0 Å². The second kappa shape index (κ2) is 7.70. The van der Waals surface area contributed by atoms with E-state index in [4.69, 9.17) is 0 Å². The number of aliphatic carboxylic acids is 1. The minimum Gasteiger partial charge on any atom is -0.480 e. The fourth-order valence-electron chi connectivity index (χ4n) is 2.86. The minimum atomic E-state index is -0.630. The van der Waals surface area contributed by atoms with Crippen LogP contribution in [0, 0.1) is 5.92 Å². The molecule has 1 saturated heterocycles. The second-order valence-corrected chi connectivity index (χ2v) is 5.30. The van der Waals surface area contributed by atoms with Crippen LogP contribution in [0.4, 0.5) is 0 Å². The Balaban J connectivity index is 2.32. The number of nitrogens with zero attached hydrogens (tertiary/aromatic N) is 1. The molecule has 1 aliphatic rings. The molecule has 2 atom stereocenters. The quantitative estimate of drug-likeness (QED) is 0.664. The van der Waals surface area contributed by atoms with Crippen LogP contribution in [0.2, 0.25) is 0 Å². The van der Waals surface area contributed by atoms with Gasteiger partial charge in [0.15, 0.2) is 0 Å². The standard InChI is InChI=1S/C14H27NO2/c1-3-5-6-7-8-12-10-13(14(16)17)15(11-12)9-4-2/h12-13H,3-11H2,1-2H3,(H,16,17)/t12-,13+/m0/s1. The average Bonchev–Trinajstić information content (AvgIpc) is 2.68. The van der Waals surface area contributed by atoms with Crippen LogP contribution in [-0.2, 0) is 4.79 Å². The van der Waals surface area contributed by atoms with Gasteiger partial charge >= 0.3 is 5.97 Å². The lowest BCUT2D eigenvalue weighted by atomic mass is 9.98. The Hall–Kier alpha value is -0.570. The van der Waals surface area contributed by atoms with Gasteiger partial charge < -0.3 is 5.11 Å². The van der Waals surface area contributed by atoms with Crippen molar-refractivity contribution in [2.75, 3.05) is 13.1 Å². The fourth-order valence-corrected chi connectivity index (χ4v) is 2.86. The van der Waals surface area contributed by atoms with Crippen molar-refractivity contribution in [3.8, 4) is 0 Å². The van der Waals surface area contributed by atoms with Crippen LogP contribution in [-0.4, -0.2) is 35.1 Å². The predicted molar refractivity (Wildman–Crippen MR) is 70.2 cm³/mol. The normalized spacial score (nSPS) is 25.3. The molecule has 1 fully saturated rings. The monoisotopic (exact) mass is 241 g/mol. The summed E-state index contributed by atoms with van der Waals surface area (Å²) in [4.78, 5) is 13.3. The Morgan fingerprint density at radius 2 is 2.00 bits per heavy atom. The van der Waals surface area contributed by atoms with Crippen molar-refractivity contribution in [1.29, 1.82) is 0 Å². The zero-order chi connectivity index (χ0) is 12.7. The zero-order valence-corrected chi connectivity index (χ0v) is 11.3. The maximum absolute atomic E-state index is 11.2. The van der Waals surface area contributed by atoms with Gasteiger partial charge in [-0.25, -0.2) is 0 Å². The van der Waals surface area contributed by atoms with Gasteiger partial charge in [-0.1, -0.05) is 39.5 Å². The molecule has 1 N–H and O–H groups in total. The summed E-state index contributed by atoms with van der Waals surface area (Å²) in [5.74, 6) is -0.0194. The van der Waals surface area contributed by atoms with Gasteiger partial charge in [0, 0.05) is 6.54 Å². The largest absolute Gasteiger partial charge is 0.480 e. The molecule has 0 aliphatic carbocycles. The highest BCUT2D eigenvalue weighted by molar-refractivity contribution is 5.73. The van der Waals surface area contributed by atoms with Crippen molar-refractivity contribution in [2.24, 2.45) is 5.92 Å². The molecule has 17 heavy (non-hydrogen) atoms. The third-order valence-corrected chi connectivity index (χ3v) is 3.75. The number of carbonyl (C=O) groups is 1. The summed E-state index contributed by atoms with van der Waals surface area (Å²) in [6, 6.07) is -0.217. The van der Waals surface area contributed by atoms with Crippen LogP contribution in [0.25, 0.3) is 0 Å². The van der Waals surface area contributed by atoms with Gasteiger partial charge in [0.25, 0.3) is 0 Å². The lowest BCUT2D eigenvalue weighted by molar-refractivity contribution is -0.142. The van der Waals surface area contributed by atoms with Gasteiger partial charge in [0.05, 0.1) is 0 Å². The van der Waals surface area contributed by atoms with Crippen molar-refractivity contribution < 1.29 is 9.90 Å². The van der Waals surface area contributed by atoms with E-state index in [1.807, 2.05) is 0 Å². The van der Waals surface area contributed by atoms with Crippen molar-refractivity contribution in [3.63, 3.8) is 0 Å².